The van der Waals surface area contributed by atoms with Gasteiger partial charge in [-0.2, -0.15) is 9.72 Å². The number of hydrogen-bond acceptors (Lipinski definition) is 8. The van der Waals surface area contributed by atoms with Crippen LogP contribution >= 0.6 is 34.4 Å². The summed E-state index contributed by atoms with van der Waals surface area (Å²) >= 11 is 2.25. The minimum absolute atomic E-state index is 0.308. The first-order chi connectivity index (χ1) is 8.11. The van der Waals surface area contributed by atoms with Gasteiger partial charge >= 0.3 is 8.68 Å². The van der Waals surface area contributed by atoms with Gasteiger partial charge in [0.15, 0.2) is 4.34 Å². The van der Waals surface area contributed by atoms with Gasteiger partial charge in [-0.3, -0.25) is 0 Å². The monoisotopic (exact) mass is 306 g/mol. The minimum Gasteiger partial charge on any atom is -0.618 e. The SMILES string of the molecule is C=[N+]([O-])c1cnc([S+]([O-])c2nnc(SC)s2)s1. The zero-order chi connectivity index (χ0) is 12.4. The average Bonchev–Trinajstić information content (AvgIpc) is 2.97. The number of thioether (sulfide) groups is 1. The van der Waals surface area contributed by atoms with Crippen LogP contribution in [0.4, 0.5) is 5.00 Å². The molecular weight excluding hydrogens is 300 g/mol. The highest BCUT2D eigenvalue weighted by Gasteiger charge is 2.26. The van der Waals surface area contributed by atoms with Gasteiger partial charge in [-0.15, -0.1) is 5.10 Å². The number of aromatic nitrogens is 3. The van der Waals surface area contributed by atoms with Crippen molar-refractivity contribution < 1.29 is 9.29 Å². The lowest BCUT2D eigenvalue weighted by molar-refractivity contribution is -0.345. The molecule has 0 radical (unpaired) electrons. The fraction of sp³-hybridized carbons (Fsp3) is 0.143. The second-order valence-electron chi connectivity index (χ2n) is 2.65. The standard InChI is InChI=1S/C7H6N4O2S4/c1-11(12)4-3-8-6(15-4)17(13)7-10-9-5(14-2)16-7/h3H,1H2,2H3. The van der Waals surface area contributed by atoms with Crippen molar-refractivity contribution in [2.24, 2.45) is 0 Å². The summed E-state index contributed by atoms with van der Waals surface area (Å²) in [6.45, 7) is 3.19. The van der Waals surface area contributed by atoms with E-state index in [0.717, 1.165) is 15.7 Å². The summed E-state index contributed by atoms with van der Waals surface area (Å²) in [5, 5.41) is 18.9. The second kappa shape index (κ2) is 5.31. The van der Waals surface area contributed by atoms with Gasteiger partial charge in [0.1, 0.15) is 12.9 Å². The number of nitrogens with zero attached hydrogens (tertiary/aromatic N) is 4. The molecule has 1 atom stereocenters. The molecule has 2 heterocycles. The number of rotatable bonds is 4. The van der Waals surface area contributed by atoms with Crippen LogP contribution in [0.2, 0.25) is 0 Å². The molecule has 0 amide bonds. The molecule has 17 heavy (non-hydrogen) atoms. The smallest absolute Gasteiger partial charge is 0.330 e. The van der Waals surface area contributed by atoms with Crippen LogP contribution in [0.3, 0.4) is 0 Å². The molecule has 0 aliphatic heterocycles. The molecule has 6 nitrogen and oxygen atoms in total. The Morgan fingerprint density at radius 2 is 2.18 bits per heavy atom. The summed E-state index contributed by atoms with van der Waals surface area (Å²) in [6, 6.07) is 0. The third kappa shape index (κ3) is 2.77. The quantitative estimate of drug-likeness (QED) is 0.213. The van der Waals surface area contributed by atoms with Gasteiger partial charge in [0.05, 0.1) is 11.2 Å². The lowest BCUT2D eigenvalue weighted by Crippen LogP contribution is -2.00. The molecule has 0 aliphatic rings. The minimum atomic E-state index is -1.48. The molecule has 2 rings (SSSR count). The van der Waals surface area contributed by atoms with Crippen LogP contribution < -0.4 is 0 Å². The maximum absolute atomic E-state index is 12.0. The molecule has 10 heteroatoms. The first-order valence-corrected chi connectivity index (χ1v) is 8.15. The van der Waals surface area contributed by atoms with E-state index in [2.05, 4.69) is 21.9 Å². The Morgan fingerprint density at radius 3 is 2.71 bits per heavy atom. The highest BCUT2D eigenvalue weighted by atomic mass is 32.3. The van der Waals surface area contributed by atoms with E-state index in [4.69, 9.17) is 0 Å². The van der Waals surface area contributed by atoms with Crippen molar-refractivity contribution in [3.63, 3.8) is 0 Å². The Hall–Kier alpha value is -0.680. The van der Waals surface area contributed by atoms with E-state index in [0.29, 0.717) is 18.4 Å². The van der Waals surface area contributed by atoms with E-state index in [-0.39, 0.29) is 0 Å². The predicted octanol–water partition coefficient (Wildman–Crippen LogP) is 1.73. The Morgan fingerprint density at radius 1 is 1.41 bits per heavy atom. The van der Waals surface area contributed by atoms with Gasteiger partial charge in [0.2, 0.25) is 0 Å². The van der Waals surface area contributed by atoms with Gasteiger partial charge in [0.25, 0.3) is 5.00 Å². The molecule has 0 saturated heterocycles. The first-order valence-electron chi connectivity index (χ1n) is 4.14. The molecule has 1 unspecified atom stereocenters. The molecule has 2 aromatic rings. The molecule has 2 aromatic heterocycles. The van der Waals surface area contributed by atoms with E-state index in [1.54, 1.807) is 0 Å². The highest BCUT2D eigenvalue weighted by molar-refractivity contribution is 8.01. The summed E-state index contributed by atoms with van der Waals surface area (Å²) in [5.74, 6) is 0. The van der Waals surface area contributed by atoms with E-state index >= 15 is 0 Å². The van der Waals surface area contributed by atoms with Crippen molar-refractivity contribution in [3.8, 4) is 0 Å². The topological polar surface area (TPSA) is 87.8 Å². The van der Waals surface area contributed by atoms with Crippen LogP contribution in [-0.4, -0.2) is 37.4 Å². The van der Waals surface area contributed by atoms with Crippen molar-refractivity contribution in [1.29, 1.82) is 0 Å². The second-order valence-corrected chi connectivity index (χ2v) is 7.52. The van der Waals surface area contributed by atoms with Gasteiger partial charge in [-0.05, 0) is 17.6 Å². The maximum atomic E-state index is 12.0. The van der Waals surface area contributed by atoms with Crippen LogP contribution in [0.5, 0.6) is 0 Å². The Balaban J connectivity index is 2.23. The Bertz CT molecular complexity index is 539. The first kappa shape index (κ1) is 12.8. The van der Waals surface area contributed by atoms with Crippen molar-refractivity contribution in [3.05, 3.63) is 11.4 Å². The molecule has 0 fully saturated rings. The summed E-state index contributed by atoms with van der Waals surface area (Å²) < 4.78 is 13.9. The van der Waals surface area contributed by atoms with Crippen molar-refractivity contribution in [2.75, 3.05) is 6.26 Å². The molecule has 0 N–H and O–H groups in total. The fourth-order valence-electron chi connectivity index (χ4n) is 0.880. The molecule has 0 spiro atoms. The Labute approximate surface area is 112 Å². The molecular formula is C7H6N4O2S4. The van der Waals surface area contributed by atoms with Crippen molar-refractivity contribution >= 4 is 57.3 Å². The largest absolute Gasteiger partial charge is 0.618 e. The van der Waals surface area contributed by atoms with Crippen molar-refractivity contribution in [2.45, 2.75) is 13.0 Å². The lowest BCUT2D eigenvalue weighted by atomic mass is 10.9. The predicted molar refractivity (Wildman–Crippen MR) is 68.9 cm³/mol. The van der Waals surface area contributed by atoms with Crippen LogP contribution in [0.15, 0.2) is 19.2 Å². The van der Waals surface area contributed by atoms with Gasteiger partial charge < -0.3 is 9.76 Å². The fourth-order valence-corrected chi connectivity index (χ4v) is 4.68. The maximum Gasteiger partial charge on any atom is 0.330 e. The van der Waals surface area contributed by atoms with Crippen LogP contribution in [0, 0.1) is 5.21 Å². The zero-order valence-electron chi connectivity index (χ0n) is 8.52. The van der Waals surface area contributed by atoms with Gasteiger partial charge in [0, 0.05) is 11.3 Å². The highest BCUT2D eigenvalue weighted by Crippen LogP contribution is 2.32. The summed E-state index contributed by atoms with van der Waals surface area (Å²) in [7, 11) is 0. The average molecular weight is 306 g/mol. The van der Waals surface area contributed by atoms with Crippen molar-refractivity contribution in [1.82, 2.24) is 15.2 Å². The third-order valence-corrected chi connectivity index (χ3v) is 6.32. The van der Waals surface area contributed by atoms with Gasteiger partial charge in [-0.25, -0.2) is 0 Å². The molecule has 0 saturated carbocycles. The van der Waals surface area contributed by atoms with Gasteiger partial charge in [-0.1, -0.05) is 16.9 Å². The van der Waals surface area contributed by atoms with E-state index < -0.39 is 11.2 Å². The molecule has 0 aromatic carbocycles. The van der Waals surface area contributed by atoms with Crippen LogP contribution in [0.25, 0.3) is 0 Å². The van der Waals surface area contributed by atoms with Crippen LogP contribution in [-0.2, 0) is 11.2 Å². The zero-order valence-corrected chi connectivity index (χ0v) is 11.8. The normalized spacial score (nSPS) is 12.6. The lowest BCUT2D eigenvalue weighted by Gasteiger charge is -1.99. The summed E-state index contributed by atoms with van der Waals surface area (Å²) in [5.41, 5.74) is 0. The van der Waals surface area contributed by atoms with E-state index in [1.165, 1.54) is 29.3 Å². The van der Waals surface area contributed by atoms with Crippen LogP contribution in [0.1, 0.15) is 0 Å². The number of hydrogen-bond donors (Lipinski definition) is 0. The summed E-state index contributed by atoms with van der Waals surface area (Å²) in [6.07, 6.45) is 3.21. The number of thiazole rings is 1. The third-order valence-electron chi connectivity index (χ3n) is 1.60. The van der Waals surface area contributed by atoms with E-state index in [9.17, 15) is 9.76 Å². The molecule has 90 valence electrons. The molecule has 0 bridgehead atoms. The molecule has 0 aliphatic carbocycles. The summed E-state index contributed by atoms with van der Waals surface area (Å²) in [4.78, 5) is 3.92. The Kier molecular flexibility index (Phi) is 3.99. The van der Waals surface area contributed by atoms with E-state index in [1.807, 2.05) is 6.26 Å².